The smallest absolute Gasteiger partial charge is 0.416 e. The van der Waals surface area contributed by atoms with Gasteiger partial charge in [-0.15, -0.1) is 0 Å². The molecule has 2 aromatic carbocycles. The summed E-state index contributed by atoms with van der Waals surface area (Å²) in [5.74, 6) is -0.666. The first-order valence-corrected chi connectivity index (χ1v) is 9.57. The molecule has 0 saturated carbocycles. The Balaban J connectivity index is 2.25. The van der Waals surface area contributed by atoms with Crippen molar-refractivity contribution in [1.82, 2.24) is 4.90 Å². The second-order valence-corrected chi connectivity index (χ2v) is 7.60. The Morgan fingerprint density at radius 3 is 2.55 bits per heavy atom. The number of halogens is 5. The summed E-state index contributed by atoms with van der Waals surface area (Å²) in [5, 5.41) is 10.1. The molecule has 1 fully saturated rings. The van der Waals surface area contributed by atoms with Gasteiger partial charge in [0, 0.05) is 22.2 Å². The van der Waals surface area contributed by atoms with Crippen molar-refractivity contribution in [3.05, 3.63) is 63.1 Å². The van der Waals surface area contributed by atoms with Crippen molar-refractivity contribution >= 4 is 29.2 Å². The lowest BCUT2D eigenvalue weighted by atomic mass is 9.93. The van der Waals surface area contributed by atoms with Crippen LogP contribution in [0.1, 0.15) is 35.6 Å². The molecule has 1 aliphatic heterocycles. The third-order valence-corrected chi connectivity index (χ3v) is 5.59. The van der Waals surface area contributed by atoms with Crippen LogP contribution in [-0.4, -0.2) is 35.7 Å². The van der Waals surface area contributed by atoms with Crippen molar-refractivity contribution in [3.8, 4) is 5.75 Å². The van der Waals surface area contributed by atoms with Crippen molar-refractivity contribution in [2.45, 2.75) is 31.1 Å². The van der Waals surface area contributed by atoms with Gasteiger partial charge in [0.2, 0.25) is 0 Å². The highest BCUT2D eigenvalue weighted by Gasteiger charge is 2.40. The molecule has 1 heterocycles. The van der Waals surface area contributed by atoms with Gasteiger partial charge in [-0.25, -0.2) is 0 Å². The number of hydrogen-bond donors (Lipinski definition) is 1. The molecule has 3 rings (SSSR count). The zero-order valence-electron chi connectivity index (χ0n) is 15.3. The number of carboxylic acid groups (broad SMARTS) is 1. The highest BCUT2D eigenvalue weighted by Crippen LogP contribution is 2.44. The molecule has 156 valence electrons. The molecule has 1 aliphatic rings. The van der Waals surface area contributed by atoms with Crippen LogP contribution in [0.15, 0.2) is 36.4 Å². The maximum atomic E-state index is 13.4. The lowest BCUT2D eigenvalue weighted by Gasteiger charge is -2.33. The van der Waals surface area contributed by atoms with Crippen LogP contribution in [0.5, 0.6) is 5.75 Å². The van der Waals surface area contributed by atoms with E-state index in [1.165, 1.54) is 13.2 Å². The molecule has 0 amide bonds. The number of aliphatic carboxylic acids is 1. The Kier molecular flexibility index (Phi) is 6.31. The van der Waals surface area contributed by atoms with Crippen LogP contribution in [0, 0.1) is 0 Å². The average molecular weight is 448 g/mol. The molecule has 0 bridgehead atoms. The van der Waals surface area contributed by atoms with E-state index in [1.54, 1.807) is 23.1 Å². The number of rotatable bonds is 5. The van der Waals surface area contributed by atoms with Crippen molar-refractivity contribution in [2.75, 3.05) is 13.7 Å². The summed E-state index contributed by atoms with van der Waals surface area (Å²) in [6.45, 7) is 0.379. The minimum atomic E-state index is -4.57. The van der Waals surface area contributed by atoms with E-state index < -0.39 is 29.8 Å². The standard InChI is InChI=1S/C20H18Cl2F3NO3/c1-29-17-7-5-12(21)10-14(17)18(26-8-2-3-16(26)19(27)28)13-9-11(20(23,24)25)4-6-15(13)22/h4-7,9-10,16,18H,2-3,8H2,1H3,(H,27,28). The van der Waals surface area contributed by atoms with E-state index in [2.05, 4.69) is 0 Å². The van der Waals surface area contributed by atoms with Crippen LogP contribution in [0.25, 0.3) is 0 Å². The summed E-state index contributed by atoms with van der Waals surface area (Å²) >= 11 is 12.5. The number of methoxy groups -OCH3 is 1. The minimum absolute atomic E-state index is 0.0982. The second-order valence-electron chi connectivity index (χ2n) is 6.76. The Morgan fingerprint density at radius 1 is 1.21 bits per heavy atom. The topological polar surface area (TPSA) is 49.8 Å². The maximum Gasteiger partial charge on any atom is 0.416 e. The number of benzene rings is 2. The molecule has 1 N–H and O–H groups in total. The number of alkyl halides is 3. The Hall–Kier alpha value is -1.96. The number of likely N-dealkylation sites (tertiary alicyclic amines) is 1. The lowest BCUT2D eigenvalue weighted by Crippen LogP contribution is -2.39. The van der Waals surface area contributed by atoms with Gasteiger partial charge in [0.1, 0.15) is 11.8 Å². The molecular formula is C20H18Cl2F3NO3. The summed E-state index contributed by atoms with van der Waals surface area (Å²) in [6.07, 6.45) is -3.60. The maximum absolute atomic E-state index is 13.4. The molecule has 0 radical (unpaired) electrons. The van der Waals surface area contributed by atoms with Gasteiger partial charge >= 0.3 is 12.1 Å². The van der Waals surface area contributed by atoms with E-state index in [-0.39, 0.29) is 10.6 Å². The molecular weight excluding hydrogens is 430 g/mol. The molecule has 2 aromatic rings. The van der Waals surface area contributed by atoms with Crippen LogP contribution in [-0.2, 0) is 11.0 Å². The highest BCUT2D eigenvalue weighted by atomic mass is 35.5. The molecule has 2 unspecified atom stereocenters. The SMILES string of the molecule is COc1ccc(Cl)cc1C(c1cc(C(F)(F)F)ccc1Cl)N1CCCC1C(=O)O. The molecule has 0 aliphatic carbocycles. The Morgan fingerprint density at radius 2 is 1.93 bits per heavy atom. The summed E-state index contributed by atoms with van der Waals surface area (Å²) in [7, 11) is 1.43. The van der Waals surface area contributed by atoms with E-state index in [4.69, 9.17) is 27.9 Å². The monoisotopic (exact) mass is 447 g/mol. The van der Waals surface area contributed by atoms with Gasteiger partial charge in [-0.05, 0) is 54.8 Å². The van der Waals surface area contributed by atoms with E-state index in [9.17, 15) is 23.1 Å². The van der Waals surface area contributed by atoms with Crippen LogP contribution >= 0.6 is 23.2 Å². The van der Waals surface area contributed by atoms with Crippen molar-refractivity contribution in [3.63, 3.8) is 0 Å². The van der Waals surface area contributed by atoms with Gasteiger partial charge in [-0.1, -0.05) is 23.2 Å². The van der Waals surface area contributed by atoms with Gasteiger partial charge in [0.25, 0.3) is 0 Å². The van der Waals surface area contributed by atoms with Crippen molar-refractivity contribution in [1.29, 1.82) is 0 Å². The average Bonchev–Trinajstić information content (AvgIpc) is 3.12. The van der Waals surface area contributed by atoms with Crippen LogP contribution in [0.3, 0.4) is 0 Å². The minimum Gasteiger partial charge on any atom is -0.496 e. The van der Waals surface area contributed by atoms with Crippen LogP contribution in [0.4, 0.5) is 13.2 Å². The van der Waals surface area contributed by atoms with E-state index in [0.29, 0.717) is 35.7 Å². The third-order valence-electron chi connectivity index (χ3n) is 5.02. The second kappa shape index (κ2) is 8.42. The fraction of sp³-hybridized carbons (Fsp3) is 0.350. The largest absolute Gasteiger partial charge is 0.496 e. The van der Waals surface area contributed by atoms with E-state index in [1.807, 2.05) is 0 Å². The quantitative estimate of drug-likeness (QED) is 0.642. The van der Waals surface area contributed by atoms with Gasteiger partial charge in [-0.2, -0.15) is 13.2 Å². The fourth-order valence-corrected chi connectivity index (χ4v) is 4.14. The molecule has 0 spiro atoms. The van der Waals surface area contributed by atoms with Gasteiger partial charge in [-0.3, -0.25) is 9.69 Å². The van der Waals surface area contributed by atoms with E-state index >= 15 is 0 Å². The number of ether oxygens (including phenoxy) is 1. The zero-order valence-corrected chi connectivity index (χ0v) is 16.9. The van der Waals surface area contributed by atoms with E-state index in [0.717, 1.165) is 12.1 Å². The first-order valence-electron chi connectivity index (χ1n) is 8.82. The Labute approximate surface area is 175 Å². The Bertz CT molecular complexity index is 920. The van der Waals surface area contributed by atoms with Crippen molar-refractivity contribution in [2.24, 2.45) is 0 Å². The lowest BCUT2D eigenvalue weighted by molar-refractivity contribution is -0.143. The highest BCUT2D eigenvalue weighted by molar-refractivity contribution is 6.31. The third kappa shape index (κ3) is 4.47. The number of nitrogens with zero attached hydrogens (tertiary/aromatic N) is 1. The summed E-state index contributed by atoms with van der Waals surface area (Å²) in [6, 6.07) is 6.05. The summed E-state index contributed by atoms with van der Waals surface area (Å²) in [4.78, 5) is 13.4. The summed E-state index contributed by atoms with van der Waals surface area (Å²) < 4.78 is 45.5. The van der Waals surface area contributed by atoms with Gasteiger partial charge < -0.3 is 9.84 Å². The summed E-state index contributed by atoms with van der Waals surface area (Å²) in [5.41, 5.74) is -0.265. The van der Waals surface area contributed by atoms with Crippen molar-refractivity contribution < 1.29 is 27.8 Å². The molecule has 29 heavy (non-hydrogen) atoms. The molecule has 9 heteroatoms. The van der Waals surface area contributed by atoms with Gasteiger partial charge in [0.15, 0.2) is 0 Å². The number of hydrogen-bond acceptors (Lipinski definition) is 3. The first-order chi connectivity index (χ1) is 13.6. The van der Waals surface area contributed by atoms with Crippen LogP contribution in [0.2, 0.25) is 10.0 Å². The first kappa shape index (κ1) is 21.7. The predicted octanol–water partition coefficient (Wildman–Crippen LogP) is 5.66. The predicted molar refractivity (Wildman–Crippen MR) is 104 cm³/mol. The number of carbonyl (C=O) groups is 1. The molecule has 4 nitrogen and oxygen atoms in total. The molecule has 2 atom stereocenters. The number of carboxylic acids is 1. The van der Waals surface area contributed by atoms with Crippen LogP contribution < -0.4 is 4.74 Å². The fourth-order valence-electron chi connectivity index (χ4n) is 3.74. The normalized spacial score (nSPS) is 18.6. The molecule has 0 aromatic heterocycles. The zero-order chi connectivity index (χ0) is 21.3. The van der Waals surface area contributed by atoms with Gasteiger partial charge in [0.05, 0.1) is 18.7 Å². The molecule has 1 saturated heterocycles.